The second-order valence-electron chi connectivity index (χ2n) is 3.01. The van der Waals surface area contributed by atoms with Crippen molar-refractivity contribution in [2.75, 3.05) is 13.7 Å². The molecule has 0 aliphatic heterocycles. The molecule has 1 aromatic heterocycles. The molecule has 4 nitrogen and oxygen atoms in total. The van der Waals surface area contributed by atoms with E-state index < -0.39 is 0 Å². The van der Waals surface area contributed by atoms with E-state index in [9.17, 15) is 0 Å². The normalized spacial score (nSPS) is 13.2. The number of hydrogen-bond donors (Lipinski definition) is 1. The van der Waals surface area contributed by atoms with Gasteiger partial charge in [0, 0.05) is 18.4 Å². The molecule has 1 N–H and O–H groups in total. The van der Waals surface area contributed by atoms with Crippen LogP contribution in [0.4, 0.5) is 0 Å². The van der Waals surface area contributed by atoms with Crippen LogP contribution in [0.2, 0.25) is 0 Å². The van der Waals surface area contributed by atoms with Crippen LogP contribution >= 0.6 is 0 Å². The van der Waals surface area contributed by atoms with Gasteiger partial charge >= 0.3 is 0 Å². The Hall–Kier alpha value is -0.870. The molecule has 1 rings (SSSR count). The van der Waals surface area contributed by atoms with Crippen molar-refractivity contribution in [3.8, 4) is 0 Å². The summed E-state index contributed by atoms with van der Waals surface area (Å²) in [5.41, 5.74) is 2.14. The van der Waals surface area contributed by atoms with Crippen molar-refractivity contribution in [2.24, 2.45) is 0 Å². The summed E-state index contributed by atoms with van der Waals surface area (Å²) in [7, 11) is 1.67. The third-order valence-electron chi connectivity index (χ3n) is 2.24. The zero-order valence-corrected chi connectivity index (χ0v) is 8.32. The van der Waals surface area contributed by atoms with Gasteiger partial charge in [0.15, 0.2) is 0 Å². The Labute approximate surface area is 78.1 Å². The fraction of sp³-hybridized carbons (Fsp3) is 0.667. The van der Waals surface area contributed by atoms with Crippen molar-refractivity contribution >= 4 is 0 Å². The van der Waals surface area contributed by atoms with Crippen LogP contribution in [0.15, 0.2) is 6.20 Å². The molecule has 74 valence electrons. The summed E-state index contributed by atoms with van der Waals surface area (Å²) >= 11 is 0. The fourth-order valence-electron chi connectivity index (χ4n) is 1.31. The molecule has 0 spiro atoms. The molecule has 4 heteroatoms. The Morgan fingerprint density at radius 2 is 2.38 bits per heavy atom. The van der Waals surface area contributed by atoms with Crippen LogP contribution < -0.4 is 0 Å². The van der Waals surface area contributed by atoms with Gasteiger partial charge in [-0.1, -0.05) is 0 Å². The molecular formula is C9H16N2O2. The van der Waals surface area contributed by atoms with E-state index in [4.69, 9.17) is 9.84 Å². The minimum absolute atomic E-state index is 0.0624. The number of hydrogen-bond acceptors (Lipinski definition) is 3. The Morgan fingerprint density at radius 1 is 1.69 bits per heavy atom. The summed E-state index contributed by atoms with van der Waals surface area (Å²) in [5.74, 6) is 0. The highest BCUT2D eigenvalue weighted by molar-refractivity contribution is 5.18. The molecule has 1 aromatic rings. The van der Waals surface area contributed by atoms with Crippen molar-refractivity contribution < 1.29 is 9.84 Å². The predicted molar refractivity (Wildman–Crippen MR) is 49.5 cm³/mol. The number of methoxy groups -OCH3 is 1. The topological polar surface area (TPSA) is 47.3 Å². The third-order valence-corrected chi connectivity index (χ3v) is 2.24. The number of aliphatic hydroxyl groups is 1. The van der Waals surface area contributed by atoms with Gasteiger partial charge in [-0.3, -0.25) is 4.68 Å². The van der Waals surface area contributed by atoms with E-state index in [0.717, 1.165) is 11.3 Å². The molecule has 0 amide bonds. The zero-order valence-electron chi connectivity index (χ0n) is 8.32. The quantitative estimate of drug-likeness (QED) is 0.756. The Kier molecular flexibility index (Phi) is 3.45. The number of ether oxygens (including phenoxy) is 1. The van der Waals surface area contributed by atoms with Crippen molar-refractivity contribution in [3.05, 3.63) is 17.5 Å². The summed E-state index contributed by atoms with van der Waals surface area (Å²) in [5, 5.41) is 12.9. The lowest BCUT2D eigenvalue weighted by atomic mass is 10.2. The molecule has 0 radical (unpaired) electrons. The lowest BCUT2D eigenvalue weighted by molar-refractivity contribution is 0.119. The van der Waals surface area contributed by atoms with Gasteiger partial charge in [-0.05, 0) is 13.8 Å². The van der Waals surface area contributed by atoms with Crippen molar-refractivity contribution in [3.63, 3.8) is 0 Å². The van der Waals surface area contributed by atoms with Crippen LogP contribution in [-0.2, 0) is 11.3 Å². The summed E-state index contributed by atoms with van der Waals surface area (Å²) in [6.07, 6.45) is 1.85. The van der Waals surface area contributed by atoms with Crippen LogP contribution in [0, 0.1) is 6.92 Å². The van der Waals surface area contributed by atoms with E-state index in [1.807, 2.05) is 13.8 Å². The Bertz CT molecular complexity index is 271. The zero-order chi connectivity index (χ0) is 9.84. The summed E-state index contributed by atoms with van der Waals surface area (Å²) in [4.78, 5) is 0. The predicted octanol–water partition coefficient (Wildman–Crippen LogP) is 0.891. The Balaban J connectivity index is 2.85. The van der Waals surface area contributed by atoms with E-state index in [1.165, 1.54) is 0 Å². The van der Waals surface area contributed by atoms with Gasteiger partial charge in [0.2, 0.25) is 0 Å². The first kappa shape index (κ1) is 10.2. The van der Waals surface area contributed by atoms with E-state index in [-0.39, 0.29) is 12.7 Å². The lowest BCUT2D eigenvalue weighted by Crippen LogP contribution is -2.06. The van der Waals surface area contributed by atoms with Crippen molar-refractivity contribution in [1.82, 2.24) is 9.78 Å². The molecular weight excluding hydrogens is 168 g/mol. The smallest absolute Gasteiger partial charge is 0.0826 e. The minimum atomic E-state index is 0.0624. The maximum atomic E-state index is 8.76. The SMILES string of the molecule is COC(C)c1cnn(CCO)c1C. The summed E-state index contributed by atoms with van der Waals surface area (Å²) in [6, 6.07) is 0. The van der Waals surface area contributed by atoms with E-state index in [0.29, 0.717) is 6.54 Å². The van der Waals surface area contributed by atoms with E-state index in [2.05, 4.69) is 5.10 Å². The molecule has 0 aromatic carbocycles. The summed E-state index contributed by atoms with van der Waals surface area (Å²) < 4.78 is 6.98. The lowest BCUT2D eigenvalue weighted by Gasteiger charge is -2.08. The maximum absolute atomic E-state index is 8.76. The molecule has 1 atom stereocenters. The average molecular weight is 184 g/mol. The van der Waals surface area contributed by atoms with Crippen LogP contribution in [0.3, 0.4) is 0 Å². The summed E-state index contributed by atoms with van der Waals surface area (Å²) in [6.45, 7) is 4.62. The number of nitrogens with zero attached hydrogens (tertiary/aromatic N) is 2. The maximum Gasteiger partial charge on any atom is 0.0826 e. The minimum Gasteiger partial charge on any atom is -0.394 e. The first-order chi connectivity index (χ1) is 6.20. The first-order valence-electron chi connectivity index (χ1n) is 4.36. The van der Waals surface area contributed by atoms with E-state index >= 15 is 0 Å². The highest BCUT2D eigenvalue weighted by Gasteiger charge is 2.11. The van der Waals surface area contributed by atoms with Crippen LogP contribution in [0.5, 0.6) is 0 Å². The second kappa shape index (κ2) is 4.39. The average Bonchev–Trinajstić information content (AvgIpc) is 2.48. The number of rotatable bonds is 4. The molecule has 0 saturated carbocycles. The van der Waals surface area contributed by atoms with Gasteiger partial charge in [-0.15, -0.1) is 0 Å². The standard InChI is InChI=1S/C9H16N2O2/c1-7-9(8(2)13-3)6-10-11(7)4-5-12/h6,8,12H,4-5H2,1-3H3. The van der Waals surface area contributed by atoms with Gasteiger partial charge in [0.05, 0.1) is 25.5 Å². The van der Waals surface area contributed by atoms with Crippen LogP contribution in [0.1, 0.15) is 24.3 Å². The monoisotopic (exact) mass is 184 g/mol. The third kappa shape index (κ3) is 2.08. The molecule has 0 aliphatic carbocycles. The highest BCUT2D eigenvalue weighted by atomic mass is 16.5. The van der Waals surface area contributed by atoms with Gasteiger partial charge in [0.1, 0.15) is 0 Å². The van der Waals surface area contributed by atoms with Gasteiger partial charge in [0.25, 0.3) is 0 Å². The van der Waals surface area contributed by atoms with Gasteiger partial charge in [-0.25, -0.2) is 0 Å². The number of aromatic nitrogens is 2. The van der Waals surface area contributed by atoms with Gasteiger partial charge in [-0.2, -0.15) is 5.10 Å². The molecule has 1 unspecified atom stereocenters. The molecule has 13 heavy (non-hydrogen) atoms. The number of aliphatic hydroxyl groups excluding tert-OH is 1. The van der Waals surface area contributed by atoms with Crippen LogP contribution in [0.25, 0.3) is 0 Å². The van der Waals surface area contributed by atoms with Crippen LogP contribution in [-0.4, -0.2) is 28.6 Å². The molecule has 0 aliphatic rings. The largest absolute Gasteiger partial charge is 0.394 e. The first-order valence-corrected chi connectivity index (χ1v) is 4.36. The van der Waals surface area contributed by atoms with Gasteiger partial charge < -0.3 is 9.84 Å². The molecule has 0 bridgehead atoms. The second-order valence-corrected chi connectivity index (χ2v) is 3.01. The highest BCUT2D eigenvalue weighted by Crippen LogP contribution is 2.18. The van der Waals surface area contributed by atoms with E-state index in [1.54, 1.807) is 18.0 Å². The van der Waals surface area contributed by atoms with Crippen molar-refractivity contribution in [2.45, 2.75) is 26.5 Å². The molecule has 0 fully saturated rings. The molecule has 1 heterocycles. The Morgan fingerprint density at radius 3 is 2.92 bits per heavy atom. The fourth-order valence-corrected chi connectivity index (χ4v) is 1.31. The molecule has 0 saturated heterocycles. The van der Waals surface area contributed by atoms with Crippen molar-refractivity contribution in [1.29, 1.82) is 0 Å².